The Hall–Kier alpha value is -2.85. The molecule has 1 aliphatic rings. The van der Waals surface area contributed by atoms with Gasteiger partial charge in [-0.1, -0.05) is 24.1 Å². The Morgan fingerprint density at radius 2 is 2.31 bits per heavy atom. The monoisotopic (exact) mass is 354 g/mol. The molecule has 136 valence electrons. The molecule has 0 bridgehead atoms. The lowest BCUT2D eigenvalue weighted by Crippen LogP contribution is -2.45. The summed E-state index contributed by atoms with van der Waals surface area (Å²) in [5, 5.41) is 8.37. The Bertz CT molecular complexity index is 865. The van der Waals surface area contributed by atoms with Gasteiger partial charge in [-0.15, -0.1) is 6.42 Å². The quantitative estimate of drug-likeness (QED) is 0.792. The number of aromatic nitrogens is 2. The van der Waals surface area contributed by atoms with Crippen molar-refractivity contribution >= 4 is 16.8 Å². The molecule has 3 rings (SSSR count). The summed E-state index contributed by atoms with van der Waals surface area (Å²) in [6.45, 7) is 2.01. The van der Waals surface area contributed by atoms with Crippen LogP contribution in [-0.2, 0) is 11.3 Å². The standard InChI is InChI=1S/C19H22N4O3/c1-2-10-22(14-16-7-5-12-26-16)19(25)20-9-11-23-18(24)17-8-4-3-6-15(17)13-21-23/h1,3-4,6,8,13,16H,5,7,9-12,14H2,(H,20,25)/t16-/m1/s1. The smallest absolute Gasteiger partial charge is 0.318 e. The number of amides is 2. The van der Waals surface area contributed by atoms with E-state index < -0.39 is 0 Å². The molecule has 1 atom stereocenters. The van der Waals surface area contributed by atoms with Gasteiger partial charge in [0, 0.05) is 25.1 Å². The summed E-state index contributed by atoms with van der Waals surface area (Å²) in [5.41, 5.74) is -0.169. The third-order valence-electron chi connectivity index (χ3n) is 4.38. The van der Waals surface area contributed by atoms with Crippen LogP contribution >= 0.6 is 0 Å². The average molecular weight is 354 g/mol. The first-order chi connectivity index (χ1) is 12.7. The summed E-state index contributed by atoms with van der Waals surface area (Å²) in [6.07, 6.45) is 9.00. The molecule has 2 heterocycles. The maximum atomic E-state index is 12.4. The zero-order valence-corrected chi connectivity index (χ0v) is 14.6. The normalized spacial score (nSPS) is 16.3. The predicted octanol–water partition coefficient (Wildman–Crippen LogP) is 1.22. The van der Waals surface area contributed by atoms with Crippen molar-refractivity contribution in [2.24, 2.45) is 0 Å². The molecule has 7 heteroatoms. The molecular weight excluding hydrogens is 332 g/mol. The number of urea groups is 1. The summed E-state index contributed by atoms with van der Waals surface area (Å²) in [7, 11) is 0. The van der Waals surface area contributed by atoms with Gasteiger partial charge in [0.05, 0.1) is 30.8 Å². The highest BCUT2D eigenvalue weighted by Crippen LogP contribution is 2.13. The fourth-order valence-corrected chi connectivity index (χ4v) is 3.03. The molecular formula is C19H22N4O3. The molecule has 0 aliphatic carbocycles. The molecule has 1 saturated heterocycles. The van der Waals surface area contributed by atoms with Crippen LogP contribution in [0.3, 0.4) is 0 Å². The van der Waals surface area contributed by atoms with E-state index in [0.717, 1.165) is 24.8 Å². The van der Waals surface area contributed by atoms with Crippen LogP contribution in [0.25, 0.3) is 10.8 Å². The van der Waals surface area contributed by atoms with Gasteiger partial charge in [-0.05, 0) is 18.9 Å². The van der Waals surface area contributed by atoms with Crippen molar-refractivity contribution in [3.8, 4) is 12.3 Å². The largest absolute Gasteiger partial charge is 0.376 e. The molecule has 0 radical (unpaired) electrons. The number of terminal acetylenes is 1. The number of benzene rings is 1. The van der Waals surface area contributed by atoms with Crippen LogP contribution in [0.2, 0.25) is 0 Å². The molecule has 0 spiro atoms. The first-order valence-corrected chi connectivity index (χ1v) is 8.72. The van der Waals surface area contributed by atoms with Crippen LogP contribution in [0.4, 0.5) is 4.79 Å². The molecule has 7 nitrogen and oxygen atoms in total. The molecule has 2 aromatic rings. The Morgan fingerprint density at radius 3 is 3.08 bits per heavy atom. The van der Waals surface area contributed by atoms with E-state index in [0.29, 0.717) is 18.5 Å². The number of fused-ring (bicyclic) bond motifs is 1. The van der Waals surface area contributed by atoms with E-state index in [-0.39, 0.29) is 30.8 Å². The molecule has 2 amide bonds. The van der Waals surface area contributed by atoms with Crippen molar-refractivity contribution in [1.82, 2.24) is 20.0 Å². The van der Waals surface area contributed by atoms with Gasteiger partial charge in [0.2, 0.25) is 0 Å². The van der Waals surface area contributed by atoms with Crippen LogP contribution in [0.5, 0.6) is 0 Å². The molecule has 1 fully saturated rings. The van der Waals surface area contributed by atoms with E-state index in [1.165, 1.54) is 4.68 Å². The third-order valence-corrected chi connectivity index (χ3v) is 4.38. The summed E-state index contributed by atoms with van der Waals surface area (Å²) < 4.78 is 6.92. The summed E-state index contributed by atoms with van der Waals surface area (Å²) in [4.78, 5) is 26.3. The molecule has 1 N–H and O–H groups in total. The number of nitrogens with zero attached hydrogens (tertiary/aromatic N) is 3. The second-order valence-corrected chi connectivity index (χ2v) is 6.21. The van der Waals surface area contributed by atoms with Crippen LogP contribution < -0.4 is 10.9 Å². The molecule has 26 heavy (non-hydrogen) atoms. The van der Waals surface area contributed by atoms with Crippen molar-refractivity contribution in [3.05, 3.63) is 40.8 Å². The predicted molar refractivity (Wildman–Crippen MR) is 98.8 cm³/mol. The van der Waals surface area contributed by atoms with Crippen LogP contribution in [0.1, 0.15) is 12.8 Å². The lowest BCUT2D eigenvalue weighted by Gasteiger charge is -2.23. The SMILES string of the molecule is C#CCN(C[C@H]1CCCO1)C(=O)NCCn1ncc2ccccc2c1=O. The zero-order valence-electron chi connectivity index (χ0n) is 14.6. The van der Waals surface area contributed by atoms with Gasteiger partial charge < -0.3 is 15.0 Å². The van der Waals surface area contributed by atoms with E-state index in [1.807, 2.05) is 18.2 Å². The maximum absolute atomic E-state index is 12.4. The van der Waals surface area contributed by atoms with Gasteiger partial charge in [-0.25, -0.2) is 9.48 Å². The second kappa shape index (κ2) is 8.50. The minimum absolute atomic E-state index is 0.0406. The Labute approximate surface area is 151 Å². The van der Waals surface area contributed by atoms with Crippen LogP contribution in [-0.4, -0.2) is 53.1 Å². The van der Waals surface area contributed by atoms with E-state index >= 15 is 0 Å². The second-order valence-electron chi connectivity index (χ2n) is 6.21. The Kier molecular flexibility index (Phi) is 5.87. The van der Waals surface area contributed by atoms with Crippen molar-refractivity contribution in [1.29, 1.82) is 0 Å². The third kappa shape index (κ3) is 4.21. The van der Waals surface area contributed by atoms with Gasteiger partial charge in [-0.3, -0.25) is 4.79 Å². The summed E-state index contributed by atoms with van der Waals surface area (Å²) in [6, 6.07) is 7.04. The average Bonchev–Trinajstić information content (AvgIpc) is 3.16. The Balaban J connectivity index is 1.57. The lowest BCUT2D eigenvalue weighted by molar-refractivity contribution is 0.0846. The summed E-state index contributed by atoms with van der Waals surface area (Å²) >= 11 is 0. The van der Waals surface area contributed by atoms with Gasteiger partial charge in [0.25, 0.3) is 5.56 Å². The van der Waals surface area contributed by atoms with E-state index in [9.17, 15) is 9.59 Å². The van der Waals surface area contributed by atoms with Crippen molar-refractivity contribution < 1.29 is 9.53 Å². The first-order valence-electron chi connectivity index (χ1n) is 8.72. The first kappa shape index (κ1) is 18.0. The van der Waals surface area contributed by atoms with Gasteiger partial charge in [-0.2, -0.15) is 5.10 Å². The molecule has 1 aromatic heterocycles. The zero-order chi connectivity index (χ0) is 18.4. The topological polar surface area (TPSA) is 76.5 Å². The number of carbonyl (C=O) groups is 1. The molecule has 1 aliphatic heterocycles. The molecule has 1 aromatic carbocycles. The van der Waals surface area contributed by atoms with Gasteiger partial charge >= 0.3 is 6.03 Å². The van der Waals surface area contributed by atoms with Gasteiger partial charge in [0.15, 0.2) is 0 Å². The minimum Gasteiger partial charge on any atom is -0.376 e. The lowest BCUT2D eigenvalue weighted by atomic mass is 10.2. The fourth-order valence-electron chi connectivity index (χ4n) is 3.03. The number of ether oxygens (including phenoxy) is 1. The molecule has 0 unspecified atom stereocenters. The highest BCUT2D eigenvalue weighted by Gasteiger charge is 2.21. The van der Waals surface area contributed by atoms with E-state index in [1.54, 1.807) is 17.2 Å². The molecule has 0 saturated carbocycles. The van der Waals surface area contributed by atoms with Crippen molar-refractivity contribution in [2.45, 2.75) is 25.5 Å². The van der Waals surface area contributed by atoms with Gasteiger partial charge in [0.1, 0.15) is 0 Å². The highest BCUT2D eigenvalue weighted by atomic mass is 16.5. The van der Waals surface area contributed by atoms with Crippen molar-refractivity contribution in [3.63, 3.8) is 0 Å². The highest BCUT2D eigenvalue weighted by molar-refractivity contribution is 5.80. The van der Waals surface area contributed by atoms with Crippen LogP contribution in [0, 0.1) is 12.3 Å². The maximum Gasteiger partial charge on any atom is 0.318 e. The fraction of sp³-hybridized carbons (Fsp3) is 0.421. The number of nitrogens with one attached hydrogen (secondary N) is 1. The van der Waals surface area contributed by atoms with Crippen molar-refractivity contribution in [2.75, 3.05) is 26.2 Å². The number of hydrogen-bond donors (Lipinski definition) is 1. The number of rotatable bonds is 6. The van der Waals surface area contributed by atoms with E-state index in [2.05, 4.69) is 16.3 Å². The summed E-state index contributed by atoms with van der Waals surface area (Å²) in [5.74, 6) is 2.50. The van der Waals surface area contributed by atoms with Crippen LogP contribution in [0.15, 0.2) is 35.3 Å². The number of carbonyl (C=O) groups excluding carboxylic acids is 1. The minimum atomic E-state index is -0.257. The number of hydrogen-bond acceptors (Lipinski definition) is 4. The Morgan fingerprint density at radius 1 is 1.46 bits per heavy atom. The van der Waals surface area contributed by atoms with E-state index in [4.69, 9.17) is 11.2 Å².